The van der Waals surface area contributed by atoms with Gasteiger partial charge in [-0.1, -0.05) is 37.3 Å². The number of hydrogen-bond donors (Lipinski definition) is 1. The van der Waals surface area contributed by atoms with Crippen molar-refractivity contribution in [2.75, 3.05) is 13.1 Å². The van der Waals surface area contributed by atoms with Crippen molar-refractivity contribution >= 4 is 24.8 Å². The zero-order valence-corrected chi connectivity index (χ0v) is 11.8. The minimum Gasteiger partial charge on any atom is -0.326 e. The highest BCUT2D eigenvalue weighted by molar-refractivity contribution is 5.85. The van der Waals surface area contributed by atoms with E-state index in [1.54, 1.807) is 0 Å². The molecule has 0 radical (unpaired) electrons. The normalized spacial score (nSPS) is 24.6. The van der Waals surface area contributed by atoms with Crippen molar-refractivity contribution in [3.8, 4) is 0 Å². The first-order valence-corrected chi connectivity index (χ1v) is 5.77. The molecule has 0 saturated carbocycles. The number of nitrogens with zero attached hydrogens (tertiary/aromatic N) is 1. The van der Waals surface area contributed by atoms with Crippen molar-refractivity contribution in [3.63, 3.8) is 0 Å². The van der Waals surface area contributed by atoms with E-state index in [-0.39, 0.29) is 24.8 Å². The van der Waals surface area contributed by atoms with Gasteiger partial charge < -0.3 is 5.73 Å². The predicted octanol–water partition coefficient (Wildman–Crippen LogP) is 2.70. The number of hydrogen-bond acceptors (Lipinski definition) is 2. The van der Waals surface area contributed by atoms with Gasteiger partial charge in [-0.2, -0.15) is 0 Å². The molecule has 0 amide bonds. The van der Waals surface area contributed by atoms with Crippen LogP contribution in [0.5, 0.6) is 0 Å². The van der Waals surface area contributed by atoms with E-state index in [9.17, 15) is 0 Å². The maximum Gasteiger partial charge on any atom is 0.0234 e. The van der Waals surface area contributed by atoms with Crippen molar-refractivity contribution in [3.05, 3.63) is 35.9 Å². The molecule has 0 aliphatic carbocycles. The fourth-order valence-corrected chi connectivity index (χ4v) is 2.15. The van der Waals surface area contributed by atoms with Crippen LogP contribution in [-0.2, 0) is 6.54 Å². The fraction of sp³-hybridized carbons (Fsp3) is 0.538. The summed E-state index contributed by atoms with van der Waals surface area (Å²) in [4.78, 5) is 2.46. The van der Waals surface area contributed by atoms with Gasteiger partial charge in [0.05, 0.1) is 0 Å². The zero-order valence-electron chi connectivity index (χ0n) is 10.2. The van der Waals surface area contributed by atoms with Crippen LogP contribution in [0.15, 0.2) is 30.3 Å². The maximum atomic E-state index is 6.08. The summed E-state index contributed by atoms with van der Waals surface area (Å²) in [7, 11) is 0. The molecule has 2 nitrogen and oxygen atoms in total. The standard InChI is InChI=1S/C13H20N2.2ClH/c1-11-7-8-15(10-13(11)14)9-12-5-3-2-4-6-12;;/h2-6,11,13H,7-10,14H2,1H3;2*1H/t11-,13+;;/m1../s1. The van der Waals surface area contributed by atoms with Crippen LogP contribution < -0.4 is 5.73 Å². The molecule has 2 atom stereocenters. The molecule has 2 N–H and O–H groups in total. The Balaban J connectivity index is 0.00000128. The Morgan fingerprint density at radius 1 is 1.24 bits per heavy atom. The lowest BCUT2D eigenvalue weighted by Crippen LogP contribution is -2.47. The van der Waals surface area contributed by atoms with Gasteiger partial charge >= 0.3 is 0 Å². The summed E-state index contributed by atoms with van der Waals surface area (Å²) in [6.07, 6.45) is 1.23. The molecule has 1 aromatic rings. The molecule has 1 saturated heterocycles. The monoisotopic (exact) mass is 276 g/mol. The molecule has 0 aromatic heterocycles. The first-order valence-electron chi connectivity index (χ1n) is 5.77. The lowest BCUT2D eigenvalue weighted by Gasteiger charge is -2.35. The van der Waals surface area contributed by atoms with E-state index in [4.69, 9.17) is 5.73 Å². The minimum atomic E-state index is 0. The lowest BCUT2D eigenvalue weighted by molar-refractivity contribution is 0.162. The molecular weight excluding hydrogens is 255 g/mol. The summed E-state index contributed by atoms with van der Waals surface area (Å²) in [5, 5.41) is 0. The van der Waals surface area contributed by atoms with Gasteiger partial charge in [0.2, 0.25) is 0 Å². The van der Waals surface area contributed by atoms with Crippen molar-refractivity contribution in [1.82, 2.24) is 4.90 Å². The zero-order chi connectivity index (χ0) is 10.7. The Hall–Kier alpha value is -0.280. The Morgan fingerprint density at radius 2 is 1.88 bits per heavy atom. The van der Waals surface area contributed by atoms with Gasteiger partial charge in [0.15, 0.2) is 0 Å². The molecule has 0 unspecified atom stereocenters. The Morgan fingerprint density at radius 3 is 2.47 bits per heavy atom. The van der Waals surface area contributed by atoms with Crippen LogP contribution in [0.4, 0.5) is 0 Å². The third-order valence-corrected chi connectivity index (χ3v) is 3.35. The molecule has 1 aromatic carbocycles. The highest BCUT2D eigenvalue weighted by Gasteiger charge is 2.22. The van der Waals surface area contributed by atoms with Gasteiger partial charge in [-0.25, -0.2) is 0 Å². The average Bonchev–Trinajstić information content (AvgIpc) is 2.25. The summed E-state index contributed by atoms with van der Waals surface area (Å²) in [6.45, 7) is 5.52. The molecule has 98 valence electrons. The smallest absolute Gasteiger partial charge is 0.0234 e. The first-order chi connectivity index (χ1) is 7.25. The van der Waals surface area contributed by atoms with Crippen LogP contribution in [-0.4, -0.2) is 24.0 Å². The van der Waals surface area contributed by atoms with Gasteiger partial charge in [0, 0.05) is 19.1 Å². The molecule has 4 heteroatoms. The van der Waals surface area contributed by atoms with Gasteiger partial charge in [-0.3, -0.25) is 4.90 Å². The van der Waals surface area contributed by atoms with E-state index in [1.807, 2.05) is 0 Å². The molecule has 0 bridgehead atoms. The van der Waals surface area contributed by atoms with Crippen molar-refractivity contribution in [2.24, 2.45) is 11.7 Å². The number of halogens is 2. The second kappa shape index (κ2) is 7.93. The average molecular weight is 277 g/mol. The van der Waals surface area contributed by atoms with E-state index in [1.165, 1.54) is 18.5 Å². The van der Waals surface area contributed by atoms with Gasteiger partial charge in [0.1, 0.15) is 0 Å². The van der Waals surface area contributed by atoms with E-state index in [0.29, 0.717) is 12.0 Å². The van der Waals surface area contributed by atoms with E-state index in [0.717, 1.165) is 13.1 Å². The Labute approximate surface area is 116 Å². The SMILES string of the molecule is C[C@@H]1CCN(Cc2ccccc2)C[C@@H]1N.Cl.Cl. The lowest BCUT2D eigenvalue weighted by atomic mass is 9.94. The van der Waals surface area contributed by atoms with Gasteiger partial charge in [0.25, 0.3) is 0 Å². The summed E-state index contributed by atoms with van der Waals surface area (Å²) in [5.74, 6) is 0.678. The van der Waals surface area contributed by atoms with E-state index < -0.39 is 0 Å². The van der Waals surface area contributed by atoms with E-state index >= 15 is 0 Å². The van der Waals surface area contributed by atoms with E-state index in [2.05, 4.69) is 42.2 Å². The van der Waals surface area contributed by atoms with Crippen molar-refractivity contribution < 1.29 is 0 Å². The predicted molar refractivity (Wildman–Crippen MR) is 78.0 cm³/mol. The largest absolute Gasteiger partial charge is 0.326 e. The van der Waals surface area contributed by atoms with Gasteiger partial charge in [-0.05, 0) is 24.4 Å². The van der Waals surface area contributed by atoms with Crippen molar-refractivity contribution in [1.29, 1.82) is 0 Å². The topological polar surface area (TPSA) is 29.3 Å². The van der Waals surface area contributed by atoms with Crippen LogP contribution in [0.2, 0.25) is 0 Å². The molecule has 17 heavy (non-hydrogen) atoms. The number of piperidine rings is 1. The number of benzene rings is 1. The minimum absolute atomic E-state index is 0. The molecular formula is C13H22Cl2N2. The summed E-state index contributed by atoms with van der Waals surface area (Å²) in [5.41, 5.74) is 7.47. The number of nitrogens with two attached hydrogens (primary N) is 1. The quantitative estimate of drug-likeness (QED) is 0.900. The molecule has 1 heterocycles. The first kappa shape index (κ1) is 16.7. The Bertz CT molecular complexity index is 306. The molecule has 1 aliphatic heterocycles. The van der Waals surface area contributed by atoms with Crippen LogP contribution in [0.25, 0.3) is 0 Å². The third-order valence-electron chi connectivity index (χ3n) is 3.35. The van der Waals surface area contributed by atoms with Crippen LogP contribution >= 0.6 is 24.8 Å². The van der Waals surface area contributed by atoms with Crippen LogP contribution in [0.3, 0.4) is 0 Å². The third kappa shape index (κ3) is 4.84. The summed E-state index contributed by atoms with van der Waals surface area (Å²) < 4.78 is 0. The van der Waals surface area contributed by atoms with Gasteiger partial charge in [-0.15, -0.1) is 24.8 Å². The fourth-order valence-electron chi connectivity index (χ4n) is 2.15. The second-order valence-corrected chi connectivity index (χ2v) is 4.65. The second-order valence-electron chi connectivity index (χ2n) is 4.65. The number of likely N-dealkylation sites (tertiary alicyclic amines) is 1. The molecule has 1 fully saturated rings. The van der Waals surface area contributed by atoms with Crippen LogP contribution in [0.1, 0.15) is 18.9 Å². The molecule has 2 rings (SSSR count). The molecule has 0 spiro atoms. The maximum absolute atomic E-state index is 6.08. The van der Waals surface area contributed by atoms with Crippen molar-refractivity contribution in [2.45, 2.75) is 25.9 Å². The highest BCUT2D eigenvalue weighted by Crippen LogP contribution is 2.17. The highest BCUT2D eigenvalue weighted by atomic mass is 35.5. The molecule has 1 aliphatic rings. The number of rotatable bonds is 2. The summed E-state index contributed by atoms with van der Waals surface area (Å²) >= 11 is 0. The Kier molecular flexibility index (Phi) is 7.80. The van der Waals surface area contributed by atoms with Crippen LogP contribution in [0, 0.1) is 5.92 Å². The summed E-state index contributed by atoms with van der Waals surface area (Å²) in [6, 6.07) is 11.0.